The molecule has 0 atom stereocenters. The van der Waals surface area contributed by atoms with Crippen LogP contribution in [-0.4, -0.2) is 0 Å². The molecule has 46 valence electrons. The van der Waals surface area contributed by atoms with Gasteiger partial charge in [-0.15, -0.1) is 0 Å². The number of rotatable bonds is 0. The minimum absolute atomic E-state index is 1.26. The molecule has 0 fully saturated rings. The Morgan fingerprint density at radius 1 is 1.22 bits per heavy atom. The molecule has 0 nitrogen and oxygen atoms in total. The van der Waals surface area contributed by atoms with Crippen LogP contribution in [0.4, 0.5) is 0 Å². The van der Waals surface area contributed by atoms with Gasteiger partial charge in [0.1, 0.15) is 0 Å². The maximum Gasteiger partial charge on any atom is 0.0210 e. The third-order valence-corrected chi connectivity index (χ3v) is 2.60. The SMILES string of the molecule is Brc1cccc2c1CC2. The number of halogens is 1. The van der Waals surface area contributed by atoms with Crippen molar-refractivity contribution in [2.45, 2.75) is 12.8 Å². The van der Waals surface area contributed by atoms with E-state index >= 15 is 0 Å². The average Bonchev–Trinajstić information content (AvgIpc) is 1.74. The lowest BCUT2D eigenvalue weighted by Gasteiger charge is -2.19. The van der Waals surface area contributed by atoms with Crippen LogP contribution in [0.15, 0.2) is 22.7 Å². The molecule has 0 spiro atoms. The van der Waals surface area contributed by atoms with Crippen LogP contribution in [0.2, 0.25) is 0 Å². The van der Waals surface area contributed by atoms with E-state index < -0.39 is 0 Å². The molecule has 1 heteroatoms. The Bertz CT molecular complexity index is 226. The number of benzene rings is 1. The lowest BCUT2D eigenvalue weighted by atomic mass is 9.89. The zero-order chi connectivity index (χ0) is 6.27. The van der Waals surface area contributed by atoms with Gasteiger partial charge in [0.25, 0.3) is 0 Å². The zero-order valence-electron chi connectivity index (χ0n) is 5.02. The van der Waals surface area contributed by atoms with Gasteiger partial charge >= 0.3 is 0 Å². The van der Waals surface area contributed by atoms with Crippen molar-refractivity contribution in [3.05, 3.63) is 33.8 Å². The predicted octanol–water partition coefficient (Wildman–Crippen LogP) is 2.55. The molecular weight excluding hydrogens is 176 g/mol. The molecular formula is C8H7Br. The van der Waals surface area contributed by atoms with Crippen LogP contribution in [0.25, 0.3) is 0 Å². The van der Waals surface area contributed by atoms with Crippen LogP contribution >= 0.6 is 15.9 Å². The topological polar surface area (TPSA) is 0 Å². The van der Waals surface area contributed by atoms with Crippen LogP contribution in [0, 0.1) is 0 Å². The fourth-order valence-corrected chi connectivity index (χ4v) is 1.81. The number of hydrogen-bond donors (Lipinski definition) is 0. The monoisotopic (exact) mass is 182 g/mol. The largest absolute Gasteiger partial charge is 0.0609 e. The van der Waals surface area contributed by atoms with Crippen molar-refractivity contribution in [1.29, 1.82) is 0 Å². The van der Waals surface area contributed by atoms with E-state index in [1.807, 2.05) is 0 Å². The second-order valence-electron chi connectivity index (χ2n) is 2.38. The summed E-state index contributed by atoms with van der Waals surface area (Å²) in [5.41, 5.74) is 3.03. The zero-order valence-corrected chi connectivity index (χ0v) is 6.61. The Morgan fingerprint density at radius 2 is 2.11 bits per heavy atom. The van der Waals surface area contributed by atoms with Gasteiger partial charge in [-0.3, -0.25) is 0 Å². The van der Waals surface area contributed by atoms with Gasteiger partial charge in [0.2, 0.25) is 0 Å². The summed E-state index contributed by atoms with van der Waals surface area (Å²) in [7, 11) is 0. The van der Waals surface area contributed by atoms with Crippen molar-refractivity contribution in [2.75, 3.05) is 0 Å². The molecule has 0 bridgehead atoms. The second kappa shape index (κ2) is 1.84. The van der Waals surface area contributed by atoms with Gasteiger partial charge in [-0.25, -0.2) is 0 Å². The molecule has 2 rings (SSSR count). The minimum Gasteiger partial charge on any atom is -0.0609 e. The van der Waals surface area contributed by atoms with E-state index in [0.717, 1.165) is 0 Å². The van der Waals surface area contributed by atoms with E-state index in [9.17, 15) is 0 Å². The predicted molar refractivity (Wildman–Crippen MR) is 41.6 cm³/mol. The maximum absolute atomic E-state index is 3.50. The van der Waals surface area contributed by atoms with Gasteiger partial charge in [0, 0.05) is 4.47 Å². The molecule has 0 saturated carbocycles. The molecule has 0 unspecified atom stereocenters. The first kappa shape index (κ1) is 5.48. The summed E-state index contributed by atoms with van der Waals surface area (Å²) in [5.74, 6) is 0. The standard InChI is InChI=1S/C8H7Br/c9-8-3-1-2-6-4-5-7(6)8/h1-3H,4-5H2. The number of aryl methyl sites for hydroxylation is 1. The molecule has 0 N–H and O–H groups in total. The third kappa shape index (κ3) is 0.715. The maximum atomic E-state index is 3.50. The van der Waals surface area contributed by atoms with Gasteiger partial charge < -0.3 is 0 Å². The summed E-state index contributed by atoms with van der Waals surface area (Å²) >= 11 is 3.50. The van der Waals surface area contributed by atoms with Gasteiger partial charge in [-0.05, 0) is 30.0 Å². The molecule has 1 aliphatic rings. The van der Waals surface area contributed by atoms with Crippen molar-refractivity contribution in [3.8, 4) is 0 Å². The molecule has 0 radical (unpaired) electrons. The van der Waals surface area contributed by atoms with E-state index in [1.165, 1.54) is 28.4 Å². The lowest BCUT2D eigenvalue weighted by molar-refractivity contribution is 0.832. The summed E-state index contributed by atoms with van der Waals surface area (Å²) in [5, 5.41) is 0. The first-order valence-corrected chi connectivity index (χ1v) is 3.93. The Morgan fingerprint density at radius 3 is 2.56 bits per heavy atom. The number of hydrogen-bond acceptors (Lipinski definition) is 0. The summed E-state index contributed by atoms with van der Waals surface area (Å²) in [4.78, 5) is 0. The van der Waals surface area contributed by atoms with Crippen molar-refractivity contribution in [2.24, 2.45) is 0 Å². The van der Waals surface area contributed by atoms with E-state index in [-0.39, 0.29) is 0 Å². The Labute approximate surface area is 63.0 Å². The van der Waals surface area contributed by atoms with Gasteiger partial charge in [-0.1, -0.05) is 28.1 Å². The molecule has 1 aromatic carbocycles. The normalized spacial score (nSPS) is 14.3. The van der Waals surface area contributed by atoms with Crippen molar-refractivity contribution in [1.82, 2.24) is 0 Å². The Balaban J connectivity index is 2.64. The van der Waals surface area contributed by atoms with Crippen LogP contribution < -0.4 is 0 Å². The molecule has 0 aliphatic heterocycles. The van der Waals surface area contributed by atoms with Crippen LogP contribution in [-0.2, 0) is 12.8 Å². The van der Waals surface area contributed by atoms with Crippen molar-refractivity contribution >= 4 is 15.9 Å². The van der Waals surface area contributed by atoms with E-state index in [0.29, 0.717) is 0 Å². The fourth-order valence-electron chi connectivity index (χ4n) is 1.20. The quantitative estimate of drug-likeness (QED) is 0.579. The fraction of sp³-hybridized carbons (Fsp3) is 0.250. The van der Waals surface area contributed by atoms with Crippen molar-refractivity contribution < 1.29 is 0 Å². The lowest BCUT2D eigenvalue weighted by Crippen LogP contribution is -2.07. The second-order valence-corrected chi connectivity index (χ2v) is 3.23. The first-order valence-electron chi connectivity index (χ1n) is 3.14. The summed E-state index contributed by atoms with van der Waals surface area (Å²) in [6.07, 6.45) is 2.53. The molecule has 0 saturated heterocycles. The van der Waals surface area contributed by atoms with Crippen LogP contribution in [0.3, 0.4) is 0 Å². The van der Waals surface area contributed by atoms with Gasteiger partial charge in [0.05, 0.1) is 0 Å². The Kier molecular flexibility index (Phi) is 1.12. The highest BCUT2D eigenvalue weighted by atomic mass is 79.9. The van der Waals surface area contributed by atoms with Crippen LogP contribution in [0.5, 0.6) is 0 Å². The van der Waals surface area contributed by atoms with E-state index in [2.05, 4.69) is 34.1 Å². The Hall–Kier alpha value is -0.300. The first-order chi connectivity index (χ1) is 4.38. The molecule has 0 amide bonds. The summed E-state index contributed by atoms with van der Waals surface area (Å²) in [6.45, 7) is 0. The average molecular weight is 183 g/mol. The highest BCUT2D eigenvalue weighted by molar-refractivity contribution is 9.10. The minimum atomic E-state index is 1.26. The molecule has 1 aromatic rings. The highest BCUT2D eigenvalue weighted by Crippen LogP contribution is 2.29. The van der Waals surface area contributed by atoms with Crippen LogP contribution in [0.1, 0.15) is 11.1 Å². The third-order valence-electron chi connectivity index (χ3n) is 1.86. The summed E-state index contributed by atoms with van der Waals surface area (Å²) < 4.78 is 1.28. The molecule has 0 aromatic heterocycles. The van der Waals surface area contributed by atoms with Gasteiger partial charge in [-0.2, -0.15) is 0 Å². The smallest absolute Gasteiger partial charge is 0.0210 e. The van der Waals surface area contributed by atoms with Gasteiger partial charge in [0.15, 0.2) is 0 Å². The molecule has 9 heavy (non-hydrogen) atoms. The highest BCUT2D eigenvalue weighted by Gasteiger charge is 2.13. The van der Waals surface area contributed by atoms with E-state index in [1.54, 1.807) is 0 Å². The van der Waals surface area contributed by atoms with Crippen molar-refractivity contribution in [3.63, 3.8) is 0 Å². The summed E-state index contributed by atoms with van der Waals surface area (Å²) in [6, 6.07) is 6.41. The van der Waals surface area contributed by atoms with E-state index in [4.69, 9.17) is 0 Å². The molecule has 0 heterocycles. The molecule has 1 aliphatic carbocycles. The number of fused-ring (bicyclic) bond motifs is 1.